The Morgan fingerprint density at radius 3 is 3.04 bits per heavy atom. The molecule has 0 saturated heterocycles. The molecule has 7 heteroatoms. The number of esters is 1. The molecular formula is C18H24N2O4S. The molecule has 136 valence electrons. The van der Waals surface area contributed by atoms with Gasteiger partial charge in [-0.2, -0.15) is 0 Å². The number of thiophene rings is 1. The molecule has 2 unspecified atom stereocenters. The van der Waals surface area contributed by atoms with Crippen LogP contribution in [0.5, 0.6) is 0 Å². The van der Waals surface area contributed by atoms with Gasteiger partial charge in [-0.05, 0) is 44.6 Å². The van der Waals surface area contributed by atoms with Crippen LogP contribution in [0, 0.1) is 5.92 Å². The van der Waals surface area contributed by atoms with E-state index >= 15 is 0 Å². The summed E-state index contributed by atoms with van der Waals surface area (Å²) >= 11 is 1.61. The molecule has 25 heavy (non-hydrogen) atoms. The summed E-state index contributed by atoms with van der Waals surface area (Å²) in [4.78, 5) is 31.6. The number of fused-ring (bicyclic) bond motifs is 3. The number of rotatable bonds is 6. The van der Waals surface area contributed by atoms with Crippen molar-refractivity contribution in [1.82, 2.24) is 9.55 Å². The lowest BCUT2D eigenvalue weighted by molar-refractivity contribution is -0.148. The largest absolute Gasteiger partial charge is 0.462 e. The summed E-state index contributed by atoms with van der Waals surface area (Å²) in [5, 5.41) is 0.684. The molecular weight excluding hydrogens is 340 g/mol. The van der Waals surface area contributed by atoms with Crippen LogP contribution in [0.25, 0.3) is 10.2 Å². The standard InChI is InChI=1S/C18H24N2O4S/c1-4-23-7-8-24-18(22)12(3)20-10-19-16-15(17(20)21)13-6-5-11(2)9-14(13)25-16/h10-12H,4-9H2,1-3H3. The Kier molecular flexibility index (Phi) is 5.54. The first kappa shape index (κ1) is 18.1. The highest BCUT2D eigenvalue weighted by Gasteiger charge is 2.25. The molecule has 0 bridgehead atoms. The molecule has 0 saturated carbocycles. The van der Waals surface area contributed by atoms with Gasteiger partial charge in [0, 0.05) is 11.5 Å². The van der Waals surface area contributed by atoms with Crippen molar-refractivity contribution in [3.63, 3.8) is 0 Å². The topological polar surface area (TPSA) is 70.4 Å². The summed E-state index contributed by atoms with van der Waals surface area (Å²) in [6, 6.07) is -0.705. The number of hydrogen-bond donors (Lipinski definition) is 0. The monoisotopic (exact) mass is 364 g/mol. The Bertz CT molecular complexity index is 826. The molecule has 0 aromatic carbocycles. The first-order valence-electron chi connectivity index (χ1n) is 8.78. The normalized spacial score (nSPS) is 18.1. The minimum atomic E-state index is -0.705. The van der Waals surface area contributed by atoms with Crippen molar-refractivity contribution in [2.24, 2.45) is 5.92 Å². The molecule has 2 atom stereocenters. The fraction of sp³-hybridized carbons (Fsp3) is 0.611. The predicted molar refractivity (Wildman–Crippen MR) is 97.2 cm³/mol. The highest BCUT2D eigenvalue weighted by atomic mass is 32.1. The second-order valence-electron chi connectivity index (χ2n) is 6.53. The third-order valence-corrected chi connectivity index (χ3v) is 5.84. The molecule has 0 N–H and O–H groups in total. The van der Waals surface area contributed by atoms with E-state index in [2.05, 4.69) is 11.9 Å². The quantitative estimate of drug-likeness (QED) is 0.582. The van der Waals surface area contributed by atoms with Crippen molar-refractivity contribution < 1.29 is 14.3 Å². The van der Waals surface area contributed by atoms with E-state index in [4.69, 9.17) is 9.47 Å². The molecule has 0 amide bonds. The van der Waals surface area contributed by atoms with Crippen LogP contribution in [0.15, 0.2) is 11.1 Å². The van der Waals surface area contributed by atoms with Crippen molar-refractivity contribution in [3.05, 3.63) is 27.1 Å². The van der Waals surface area contributed by atoms with E-state index in [0.29, 0.717) is 24.5 Å². The number of aryl methyl sites for hydroxylation is 1. The SMILES string of the molecule is CCOCCOC(=O)C(C)n1cnc2sc3c(c2c1=O)CCC(C)C3. The molecule has 0 fully saturated rings. The van der Waals surface area contributed by atoms with Gasteiger partial charge in [0.1, 0.15) is 17.5 Å². The van der Waals surface area contributed by atoms with E-state index in [1.54, 1.807) is 18.3 Å². The Morgan fingerprint density at radius 2 is 2.28 bits per heavy atom. The van der Waals surface area contributed by atoms with Gasteiger partial charge in [-0.3, -0.25) is 9.36 Å². The minimum absolute atomic E-state index is 0.147. The molecule has 2 aromatic rings. The molecule has 3 rings (SSSR count). The van der Waals surface area contributed by atoms with Crippen LogP contribution in [0.4, 0.5) is 0 Å². The van der Waals surface area contributed by atoms with Crippen molar-refractivity contribution in [1.29, 1.82) is 0 Å². The van der Waals surface area contributed by atoms with Gasteiger partial charge >= 0.3 is 5.97 Å². The number of nitrogens with zero attached hydrogens (tertiary/aromatic N) is 2. The summed E-state index contributed by atoms with van der Waals surface area (Å²) in [5.74, 6) is 0.197. The second-order valence-corrected chi connectivity index (χ2v) is 7.61. The smallest absolute Gasteiger partial charge is 0.329 e. The van der Waals surface area contributed by atoms with Gasteiger partial charge in [-0.25, -0.2) is 9.78 Å². The lowest BCUT2D eigenvalue weighted by Gasteiger charge is -2.18. The maximum absolute atomic E-state index is 13.0. The third-order valence-electron chi connectivity index (χ3n) is 4.68. The Labute approximate surface area is 150 Å². The zero-order valence-electron chi connectivity index (χ0n) is 14.9. The van der Waals surface area contributed by atoms with E-state index in [-0.39, 0.29) is 12.2 Å². The van der Waals surface area contributed by atoms with Crippen LogP contribution in [0.2, 0.25) is 0 Å². The summed E-state index contributed by atoms with van der Waals surface area (Å²) in [6.45, 7) is 6.91. The maximum atomic E-state index is 13.0. The van der Waals surface area contributed by atoms with E-state index < -0.39 is 12.0 Å². The first-order chi connectivity index (χ1) is 12.0. The van der Waals surface area contributed by atoms with E-state index in [0.717, 1.165) is 29.7 Å². The first-order valence-corrected chi connectivity index (χ1v) is 9.60. The zero-order chi connectivity index (χ0) is 18.0. The summed E-state index contributed by atoms with van der Waals surface area (Å²) in [7, 11) is 0. The average Bonchev–Trinajstić information content (AvgIpc) is 2.96. The van der Waals surface area contributed by atoms with Crippen LogP contribution >= 0.6 is 11.3 Å². The number of carbonyl (C=O) groups is 1. The van der Waals surface area contributed by atoms with E-state index in [9.17, 15) is 9.59 Å². The lowest BCUT2D eigenvalue weighted by Crippen LogP contribution is -2.30. The Morgan fingerprint density at radius 1 is 1.48 bits per heavy atom. The summed E-state index contributed by atoms with van der Waals surface area (Å²) in [6.07, 6.45) is 4.46. The summed E-state index contributed by atoms with van der Waals surface area (Å²) in [5.41, 5.74) is 0.980. The van der Waals surface area contributed by atoms with Gasteiger partial charge in [0.15, 0.2) is 0 Å². The van der Waals surface area contributed by atoms with Crippen molar-refractivity contribution in [2.75, 3.05) is 19.8 Å². The third kappa shape index (κ3) is 3.62. The highest BCUT2D eigenvalue weighted by Crippen LogP contribution is 2.35. The van der Waals surface area contributed by atoms with Crippen LogP contribution in [0.3, 0.4) is 0 Å². The fourth-order valence-corrected chi connectivity index (χ4v) is 4.54. The highest BCUT2D eigenvalue weighted by molar-refractivity contribution is 7.18. The number of aromatic nitrogens is 2. The predicted octanol–water partition coefficient (Wildman–Crippen LogP) is 2.72. The van der Waals surface area contributed by atoms with Gasteiger partial charge < -0.3 is 9.47 Å². The van der Waals surface area contributed by atoms with Gasteiger partial charge in [0.2, 0.25) is 0 Å². The molecule has 1 aliphatic carbocycles. The second kappa shape index (κ2) is 7.66. The lowest BCUT2D eigenvalue weighted by atomic mass is 9.89. The molecule has 0 aliphatic heterocycles. The van der Waals surface area contributed by atoms with Crippen LogP contribution in [0.1, 0.15) is 43.7 Å². The van der Waals surface area contributed by atoms with Gasteiger partial charge in [-0.1, -0.05) is 6.92 Å². The van der Waals surface area contributed by atoms with Gasteiger partial charge in [0.25, 0.3) is 5.56 Å². The van der Waals surface area contributed by atoms with Crippen molar-refractivity contribution >= 4 is 27.5 Å². The number of hydrogen-bond acceptors (Lipinski definition) is 6. The number of carbonyl (C=O) groups excluding carboxylic acids is 1. The number of ether oxygens (including phenoxy) is 2. The Balaban J connectivity index is 1.86. The van der Waals surface area contributed by atoms with Crippen molar-refractivity contribution in [2.45, 2.75) is 46.1 Å². The average molecular weight is 364 g/mol. The van der Waals surface area contributed by atoms with Crippen LogP contribution < -0.4 is 5.56 Å². The summed E-state index contributed by atoms with van der Waals surface area (Å²) < 4.78 is 11.7. The van der Waals surface area contributed by atoms with Gasteiger partial charge in [-0.15, -0.1) is 11.3 Å². The molecule has 0 spiro atoms. The molecule has 1 aliphatic rings. The van der Waals surface area contributed by atoms with E-state index in [1.165, 1.54) is 15.8 Å². The Hall–Kier alpha value is -1.73. The fourth-order valence-electron chi connectivity index (χ4n) is 3.20. The van der Waals surface area contributed by atoms with Crippen LogP contribution in [-0.4, -0.2) is 35.3 Å². The molecule has 2 heterocycles. The van der Waals surface area contributed by atoms with Crippen LogP contribution in [-0.2, 0) is 27.1 Å². The zero-order valence-corrected chi connectivity index (χ0v) is 15.7. The van der Waals surface area contributed by atoms with E-state index in [1.807, 2.05) is 6.92 Å². The molecule has 2 aromatic heterocycles. The van der Waals surface area contributed by atoms with Crippen molar-refractivity contribution in [3.8, 4) is 0 Å². The van der Waals surface area contributed by atoms with Gasteiger partial charge in [0.05, 0.1) is 18.3 Å². The minimum Gasteiger partial charge on any atom is -0.462 e. The molecule has 0 radical (unpaired) electrons. The maximum Gasteiger partial charge on any atom is 0.329 e. The molecule has 6 nitrogen and oxygen atoms in total.